The lowest BCUT2D eigenvalue weighted by molar-refractivity contribution is 0.218. The van der Waals surface area contributed by atoms with Gasteiger partial charge < -0.3 is 9.26 Å². The minimum atomic E-state index is -1.28. The summed E-state index contributed by atoms with van der Waals surface area (Å²) in [7, 11) is -1.28. The summed E-state index contributed by atoms with van der Waals surface area (Å²) in [5.41, 5.74) is 2.25. The van der Waals surface area contributed by atoms with Crippen LogP contribution in [-0.4, -0.2) is 10.9 Å². The summed E-state index contributed by atoms with van der Waals surface area (Å²) in [6, 6.07) is 4.03. The van der Waals surface area contributed by atoms with Gasteiger partial charge in [0.05, 0.1) is 0 Å². The van der Waals surface area contributed by atoms with Gasteiger partial charge in [-0.3, -0.25) is 0 Å². The van der Waals surface area contributed by atoms with Crippen molar-refractivity contribution in [3.05, 3.63) is 23.3 Å². The normalized spacial score (nSPS) is 18.5. The highest BCUT2D eigenvalue weighted by atomic mass is 31.1. The van der Waals surface area contributed by atoms with Gasteiger partial charge in [-0.2, -0.15) is 0 Å². The summed E-state index contributed by atoms with van der Waals surface area (Å²) >= 11 is 0. The van der Waals surface area contributed by atoms with Gasteiger partial charge in [-0.25, -0.2) is 4.79 Å². The molecule has 3 nitrogen and oxygen atoms in total. The Morgan fingerprint density at radius 3 is 1.86 bits per heavy atom. The monoisotopic (exact) mass is 308 g/mol. The largest absolute Gasteiger partial charge is 0.458 e. The fourth-order valence-corrected chi connectivity index (χ4v) is 3.84. The first-order valence-corrected chi connectivity index (χ1v) is 8.75. The highest BCUT2D eigenvalue weighted by Crippen LogP contribution is 2.57. The Hall–Kier alpha value is -1.08. The molecule has 1 aromatic rings. The Morgan fingerprint density at radius 2 is 1.43 bits per heavy atom. The SMILES string of the molecule is CC(C)c1cc2c(cc1C(C)C)OP(C(C)(C)C)C(=O)O2. The minimum Gasteiger partial charge on any atom is -0.458 e. The third kappa shape index (κ3) is 3.23. The second-order valence-corrected chi connectivity index (χ2v) is 9.64. The van der Waals surface area contributed by atoms with Gasteiger partial charge in [-0.1, -0.05) is 48.5 Å². The molecule has 0 amide bonds. The first kappa shape index (κ1) is 16.3. The molecule has 1 aromatic carbocycles. The predicted octanol–water partition coefficient (Wildman–Crippen LogP) is 6.02. The highest BCUT2D eigenvalue weighted by molar-refractivity contribution is 7.71. The molecule has 1 unspecified atom stereocenters. The zero-order chi connectivity index (χ0) is 15.9. The van der Waals surface area contributed by atoms with Crippen molar-refractivity contribution in [1.82, 2.24) is 0 Å². The van der Waals surface area contributed by atoms with E-state index in [9.17, 15) is 4.79 Å². The van der Waals surface area contributed by atoms with Crippen molar-refractivity contribution in [3.8, 4) is 11.5 Å². The fourth-order valence-electron chi connectivity index (χ4n) is 2.42. The maximum absolute atomic E-state index is 12.2. The van der Waals surface area contributed by atoms with E-state index in [1.54, 1.807) is 0 Å². The van der Waals surface area contributed by atoms with E-state index >= 15 is 0 Å². The van der Waals surface area contributed by atoms with E-state index in [2.05, 4.69) is 33.8 Å². The van der Waals surface area contributed by atoms with Gasteiger partial charge in [0.1, 0.15) is 0 Å². The smallest absolute Gasteiger partial charge is 0.373 e. The average Bonchev–Trinajstić information content (AvgIpc) is 2.34. The molecule has 0 N–H and O–H groups in total. The van der Waals surface area contributed by atoms with Crippen LogP contribution in [0.2, 0.25) is 0 Å². The maximum atomic E-state index is 12.2. The molecule has 1 heterocycles. The van der Waals surface area contributed by atoms with E-state index in [0.29, 0.717) is 23.3 Å². The molecule has 0 fully saturated rings. The molecule has 116 valence electrons. The summed E-state index contributed by atoms with van der Waals surface area (Å²) in [5, 5.41) is -0.223. The van der Waals surface area contributed by atoms with Gasteiger partial charge in [0, 0.05) is 5.16 Å². The van der Waals surface area contributed by atoms with E-state index < -0.39 is 8.15 Å². The van der Waals surface area contributed by atoms with Crippen LogP contribution in [0.4, 0.5) is 4.79 Å². The minimum absolute atomic E-state index is 0.223. The van der Waals surface area contributed by atoms with E-state index in [4.69, 9.17) is 9.26 Å². The predicted molar refractivity (Wildman–Crippen MR) is 87.9 cm³/mol. The highest BCUT2D eigenvalue weighted by Gasteiger charge is 2.40. The second-order valence-electron chi connectivity index (χ2n) is 7.16. The molecule has 2 rings (SSSR count). The molecule has 0 aliphatic carbocycles. The Balaban J connectivity index is 2.49. The quantitative estimate of drug-likeness (QED) is 0.627. The Labute approximate surface area is 128 Å². The van der Waals surface area contributed by atoms with Crippen LogP contribution in [0, 0.1) is 0 Å². The van der Waals surface area contributed by atoms with Crippen molar-refractivity contribution < 1.29 is 14.1 Å². The van der Waals surface area contributed by atoms with E-state index in [-0.39, 0.29) is 10.9 Å². The zero-order valence-electron chi connectivity index (χ0n) is 14.0. The van der Waals surface area contributed by atoms with Crippen LogP contribution >= 0.6 is 8.15 Å². The maximum Gasteiger partial charge on any atom is 0.373 e. The molecule has 1 aliphatic heterocycles. The molecule has 0 saturated heterocycles. The van der Waals surface area contributed by atoms with Crippen molar-refractivity contribution in [2.45, 2.75) is 65.5 Å². The third-order valence-corrected chi connectivity index (χ3v) is 5.58. The first-order valence-electron chi connectivity index (χ1n) is 7.49. The standard InChI is InChI=1S/C17H25O3P/c1-10(2)12-8-14-15(9-13(12)11(3)4)20-21(16(18)19-14)17(5,6)7/h8-11H,1-7H3. The van der Waals surface area contributed by atoms with Crippen molar-refractivity contribution in [2.75, 3.05) is 0 Å². The molecule has 4 heteroatoms. The van der Waals surface area contributed by atoms with Gasteiger partial charge in [0.15, 0.2) is 11.5 Å². The van der Waals surface area contributed by atoms with Crippen molar-refractivity contribution in [2.24, 2.45) is 0 Å². The van der Waals surface area contributed by atoms with Crippen LogP contribution in [0.15, 0.2) is 12.1 Å². The van der Waals surface area contributed by atoms with E-state index in [1.165, 1.54) is 11.1 Å². The summed E-state index contributed by atoms with van der Waals surface area (Å²) in [6.45, 7) is 14.7. The lowest BCUT2D eigenvalue weighted by Crippen LogP contribution is -2.25. The fraction of sp³-hybridized carbons (Fsp3) is 0.588. The van der Waals surface area contributed by atoms with Gasteiger partial charge in [0.25, 0.3) is 0 Å². The molecule has 0 radical (unpaired) electrons. The van der Waals surface area contributed by atoms with Gasteiger partial charge in [-0.05, 0) is 35.1 Å². The molecule has 0 spiro atoms. The van der Waals surface area contributed by atoms with Crippen molar-refractivity contribution >= 4 is 13.9 Å². The zero-order valence-corrected chi connectivity index (χ0v) is 14.9. The number of ether oxygens (including phenoxy) is 1. The number of hydrogen-bond donors (Lipinski definition) is 0. The third-order valence-electron chi connectivity index (χ3n) is 3.56. The number of rotatable bonds is 2. The van der Waals surface area contributed by atoms with Crippen LogP contribution in [0.5, 0.6) is 11.5 Å². The van der Waals surface area contributed by atoms with Crippen molar-refractivity contribution in [3.63, 3.8) is 0 Å². The van der Waals surface area contributed by atoms with E-state index in [0.717, 1.165) is 0 Å². The summed E-state index contributed by atoms with van der Waals surface area (Å²) < 4.78 is 11.6. The number of carbonyl (C=O) groups is 1. The molecule has 0 aromatic heterocycles. The number of hydrogen-bond acceptors (Lipinski definition) is 3. The number of benzene rings is 1. The first-order chi connectivity index (χ1) is 9.61. The van der Waals surface area contributed by atoms with Gasteiger partial charge in [0.2, 0.25) is 8.15 Å². The second kappa shape index (κ2) is 5.61. The number of carbonyl (C=O) groups excluding carboxylic acids is 1. The van der Waals surface area contributed by atoms with Gasteiger partial charge >= 0.3 is 5.71 Å². The molecular formula is C17H25O3P. The molecule has 1 atom stereocenters. The molecule has 1 aliphatic rings. The van der Waals surface area contributed by atoms with Crippen LogP contribution in [0.25, 0.3) is 0 Å². The van der Waals surface area contributed by atoms with Crippen molar-refractivity contribution in [1.29, 1.82) is 0 Å². The van der Waals surface area contributed by atoms with Crippen LogP contribution < -0.4 is 9.26 Å². The lowest BCUT2D eigenvalue weighted by Gasteiger charge is -2.33. The van der Waals surface area contributed by atoms with Gasteiger partial charge in [-0.15, -0.1) is 0 Å². The molecule has 0 saturated carbocycles. The Kier molecular flexibility index (Phi) is 4.35. The Bertz CT molecular complexity index is 556. The van der Waals surface area contributed by atoms with Crippen LogP contribution in [0.1, 0.15) is 71.4 Å². The molecule has 0 bridgehead atoms. The summed E-state index contributed by atoms with van der Waals surface area (Å²) in [5.74, 6) is 2.08. The molecule has 21 heavy (non-hydrogen) atoms. The average molecular weight is 308 g/mol. The van der Waals surface area contributed by atoms with Crippen LogP contribution in [-0.2, 0) is 0 Å². The molecular weight excluding hydrogens is 283 g/mol. The Morgan fingerprint density at radius 1 is 0.952 bits per heavy atom. The van der Waals surface area contributed by atoms with Crippen LogP contribution in [0.3, 0.4) is 0 Å². The number of fused-ring (bicyclic) bond motifs is 1. The summed E-state index contributed by atoms with van der Waals surface area (Å²) in [6.07, 6.45) is 0. The topological polar surface area (TPSA) is 35.5 Å². The lowest BCUT2D eigenvalue weighted by atomic mass is 9.90. The van der Waals surface area contributed by atoms with E-state index in [1.807, 2.05) is 26.8 Å². The summed E-state index contributed by atoms with van der Waals surface area (Å²) in [4.78, 5) is 12.2.